The summed E-state index contributed by atoms with van der Waals surface area (Å²) >= 11 is 1.99. The number of aromatic hydroxyl groups is 1. The Labute approximate surface area is 169 Å². The highest BCUT2D eigenvalue weighted by Crippen LogP contribution is 2.29. The second kappa shape index (κ2) is 8.26. The molecule has 0 bridgehead atoms. The smallest absolute Gasteiger partial charge is 0.271 e. The Morgan fingerprint density at radius 1 is 1.11 bits per heavy atom. The molecule has 138 valence electrons. The molecule has 7 heteroatoms. The van der Waals surface area contributed by atoms with E-state index in [2.05, 4.69) is 10.5 Å². The van der Waals surface area contributed by atoms with Crippen LogP contribution in [0, 0.1) is 3.57 Å². The lowest BCUT2D eigenvalue weighted by Gasteiger charge is -2.10. The highest BCUT2D eigenvalue weighted by Gasteiger charge is 2.10. The Morgan fingerprint density at radius 2 is 1.89 bits per heavy atom. The molecule has 0 aliphatic carbocycles. The molecule has 0 unspecified atom stereocenters. The molecule has 2 N–H and O–H groups in total. The van der Waals surface area contributed by atoms with Crippen molar-refractivity contribution < 1.29 is 19.4 Å². The predicted octanol–water partition coefficient (Wildman–Crippen LogP) is 3.93. The van der Waals surface area contributed by atoms with Crippen LogP contribution in [0.1, 0.15) is 15.9 Å². The number of hydrogen-bond acceptors (Lipinski definition) is 5. The first-order valence-corrected chi connectivity index (χ1v) is 9.08. The Morgan fingerprint density at radius 3 is 2.59 bits per heavy atom. The minimum atomic E-state index is -0.422. The van der Waals surface area contributed by atoms with Crippen molar-refractivity contribution in [3.05, 3.63) is 63.2 Å². The van der Waals surface area contributed by atoms with E-state index in [1.165, 1.54) is 12.3 Å². The van der Waals surface area contributed by atoms with Gasteiger partial charge in [0.2, 0.25) is 0 Å². The van der Waals surface area contributed by atoms with Crippen molar-refractivity contribution in [1.29, 1.82) is 0 Å². The molecular weight excluding hydrogens is 459 g/mol. The van der Waals surface area contributed by atoms with E-state index in [9.17, 15) is 9.90 Å². The molecule has 27 heavy (non-hydrogen) atoms. The Hall–Kier alpha value is -2.81. The van der Waals surface area contributed by atoms with Crippen molar-refractivity contribution in [3.8, 4) is 17.2 Å². The molecule has 0 aromatic heterocycles. The second-order valence-corrected chi connectivity index (χ2v) is 6.80. The molecule has 1 amide bonds. The summed E-state index contributed by atoms with van der Waals surface area (Å²) in [6, 6.07) is 14.2. The van der Waals surface area contributed by atoms with Gasteiger partial charge in [-0.3, -0.25) is 4.79 Å². The van der Waals surface area contributed by atoms with Gasteiger partial charge in [-0.05, 0) is 69.8 Å². The number of phenols is 1. The lowest BCUT2D eigenvalue weighted by molar-refractivity contribution is 0.0954. The van der Waals surface area contributed by atoms with Crippen molar-refractivity contribution in [2.75, 3.05) is 14.2 Å². The molecule has 0 aliphatic heterocycles. The zero-order valence-electron chi connectivity index (χ0n) is 14.7. The van der Waals surface area contributed by atoms with Crippen molar-refractivity contribution in [2.24, 2.45) is 5.10 Å². The molecule has 0 fully saturated rings. The van der Waals surface area contributed by atoms with Crippen molar-refractivity contribution in [3.63, 3.8) is 0 Å². The molecule has 0 atom stereocenters. The van der Waals surface area contributed by atoms with Crippen LogP contribution in [0.2, 0.25) is 0 Å². The van der Waals surface area contributed by atoms with E-state index >= 15 is 0 Å². The number of hydrogen-bond donors (Lipinski definition) is 2. The second-order valence-electron chi connectivity index (χ2n) is 5.63. The Kier molecular flexibility index (Phi) is 5.80. The van der Waals surface area contributed by atoms with Crippen LogP contribution in [0.25, 0.3) is 10.8 Å². The number of amides is 1. The van der Waals surface area contributed by atoms with Gasteiger partial charge in [0.25, 0.3) is 5.91 Å². The number of ether oxygens (including phenoxy) is 2. The van der Waals surface area contributed by atoms with E-state index in [1.807, 2.05) is 52.9 Å². The topological polar surface area (TPSA) is 80.2 Å². The molecule has 0 heterocycles. The van der Waals surface area contributed by atoms with Gasteiger partial charge in [-0.25, -0.2) is 5.43 Å². The fourth-order valence-corrected chi connectivity index (χ4v) is 2.95. The minimum Gasteiger partial charge on any atom is -0.507 e. The molecule has 0 spiro atoms. The van der Waals surface area contributed by atoms with Gasteiger partial charge in [0.1, 0.15) is 17.2 Å². The van der Waals surface area contributed by atoms with Crippen LogP contribution >= 0.6 is 22.6 Å². The molecule has 3 aromatic carbocycles. The lowest BCUT2D eigenvalue weighted by atomic mass is 10.0. The average molecular weight is 476 g/mol. The molecule has 3 rings (SSSR count). The summed E-state index contributed by atoms with van der Waals surface area (Å²) in [4.78, 5) is 12.2. The van der Waals surface area contributed by atoms with Gasteiger partial charge < -0.3 is 14.6 Å². The molecule has 0 saturated carbocycles. The van der Waals surface area contributed by atoms with Gasteiger partial charge in [0.05, 0.1) is 24.0 Å². The SMILES string of the molecule is COc1ccc2ccc(OC)c(/C=N\NC(=O)c3ccc(I)c(O)c3)c2c1. The van der Waals surface area contributed by atoms with Crippen LogP contribution in [-0.2, 0) is 0 Å². The van der Waals surface area contributed by atoms with Crippen LogP contribution in [0.5, 0.6) is 17.2 Å². The first-order chi connectivity index (χ1) is 13.0. The third-order valence-corrected chi connectivity index (χ3v) is 4.93. The zero-order valence-corrected chi connectivity index (χ0v) is 16.9. The number of methoxy groups -OCH3 is 2. The van der Waals surface area contributed by atoms with Crippen molar-refractivity contribution >= 4 is 45.5 Å². The van der Waals surface area contributed by atoms with Crippen LogP contribution in [0.3, 0.4) is 0 Å². The maximum absolute atomic E-state index is 12.2. The Balaban J connectivity index is 1.90. The minimum absolute atomic E-state index is 0.0510. The highest BCUT2D eigenvalue weighted by molar-refractivity contribution is 14.1. The van der Waals surface area contributed by atoms with Crippen molar-refractivity contribution in [1.82, 2.24) is 5.43 Å². The van der Waals surface area contributed by atoms with E-state index in [-0.39, 0.29) is 5.75 Å². The highest BCUT2D eigenvalue weighted by atomic mass is 127. The van der Waals surface area contributed by atoms with Gasteiger partial charge in [-0.1, -0.05) is 12.1 Å². The van der Waals surface area contributed by atoms with Gasteiger partial charge in [0, 0.05) is 11.1 Å². The molecular formula is C20H17IN2O4. The third kappa shape index (κ3) is 4.13. The third-order valence-electron chi connectivity index (χ3n) is 4.02. The summed E-state index contributed by atoms with van der Waals surface area (Å²) in [5.41, 5.74) is 3.51. The fourth-order valence-electron chi connectivity index (χ4n) is 2.61. The Bertz CT molecular complexity index is 1030. The summed E-state index contributed by atoms with van der Waals surface area (Å²) in [5, 5.41) is 15.7. The summed E-state index contributed by atoms with van der Waals surface area (Å²) in [5.74, 6) is 0.967. The van der Waals surface area contributed by atoms with Gasteiger partial charge in [0.15, 0.2) is 0 Å². The van der Waals surface area contributed by atoms with E-state index in [4.69, 9.17) is 9.47 Å². The van der Waals surface area contributed by atoms with Crippen LogP contribution in [0.4, 0.5) is 0 Å². The molecule has 0 aliphatic rings. The van der Waals surface area contributed by atoms with Crippen LogP contribution < -0.4 is 14.9 Å². The number of carbonyl (C=O) groups is 1. The summed E-state index contributed by atoms with van der Waals surface area (Å²) in [6.07, 6.45) is 1.53. The van der Waals surface area contributed by atoms with Gasteiger partial charge >= 0.3 is 0 Å². The van der Waals surface area contributed by atoms with E-state index < -0.39 is 5.91 Å². The lowest BCUT2D eigenvalue weighted by Crippen LogP contribution is -2.17. The fraction of sp³-hybridized carbons (Fsp3) is 0.100. The zero-order chi connectivity index (χ0) is 19.4. The standard InChI is InChI=1S/C20H17IN2O4/c1-26-14-6-3-12-5-8-19(27-2)16(15(12)10-14)11-22-23-20(25)13-4-7-17(21)18(24)9-13/h3-11,24H,1-2H3,(H,23,25)/b22-11-. The van der Waals surface area contributed by atoms with E-state index in [1.54, 1.807) is 26.4 Å². The molecule has 3 aromatic rings. The predicted molar refractivity (Wildman–Crippen MR) is 113 cm³/mol. The number of rotatable bonds is 5. The summed E-state index contributed by atoms with van der Waals surface area (Å²) in [6.45, 7) is 0. The normalized spacial score (nSPS) is 10.9. The molecule has 0 saturated heterocycles. The van der Waals surface area contributed by atoms with Gasteiger partial charge in [-0.15, -0.1) is 0 Å². The number of hydrazone groups is 1. The number of fused-ring (bicyclic) bond motifs is 1. The first-order valence-electron chi connectivity index (χ1n) is 8.00. The maximum Gasteiger partial charge on any atom is 0.271 e. The first kappa shape index (κ1) is 19.0. The maximum atomic E-state index is 12.2. The van der Waals surface area contributed by atoms with Gasteiger partial charge in [-0.2, -0.15) is 5.10 Å². The number of phenolic OH excluding ortho intramolecular Hbond substituents is 1. The van der Waals surface area contributed by atoms with E-state index in [0.29, 0.717) is 20.6 Å². The number of carbonyl (C=O) groups excluding carboxylic acids is 1. The number of nitrogens with one attached hydrogen (secondary N) is 1. The molecule has 0 radical (unpaired) electrons. The van der Waals surface area contributed by atoms with Crippen LogP contribution in [0.15, 0.2) is 53.6 Å². The molecule has 6 nitrogen and oxygen atoms in total. The summed E-state index contributed by atoms with van der Waals surface area (Å²) < 4.78 is 11.4. The average Bonchev–Trinajstić information content (AvgIpc) is 2.69. The number of nitrogens with zero attached hydrogens (tertiary/aromatic N) is 1. The van der Waals surface area contributed by atoms with Crippen LogP contribution in [-0.4, -0.2) is 31.4 Å². The quantitative estimate of drug-likeness (QED) is 0.332. The number of halogens is 1. The van der Waals surface area contributed by atoms with E-state index in [0.717, 1.165) is 16.3 Å². The van der Waals surface area contributed by atoms with Crippen molar-refractivity contribution in [2.45, 2.75) is 0 Å². The largest absolute Gasteiger partial charge is 0.507 e. The monoisotopic (exact) mass is 476 g/mol. The number of benzene rings is 3. The summed E-state index contributed by atoms with van der Waals surface area (Å²) in [7, 11) is 3.18.